The summed E-state index contributed by atoms with van der Waals surface area (Å²) in [7, 11) is 1.36. The van der Waals surface area contributed by atoms with E-state index in [-0.39, 0.29) is 17.8 Å². The van der Waals surface area contributed by atoms with Crippen molar-refractivity contribution in [3.05, 3.63) is 76.5 Å². The lowest BCUT2D eigenvalue weighted by atomic mass is 9.87. The predicted octanol–water partition coefficient (Wildman–Crippen LogP) is 3.75. The molecule has 28 heavy (non-hydrogen) atoms. The summed E-state index contributed by atoms with van der Waals surface area (Å²) in [5.41, 5.74) is 5.56. The van der Waals surface area contributed by atoms with E-state index >= 15 is 0 Å². The van der Waals surface area contributed by atoms with Gasteiger partial charge in [-0.1, -0.05) is 24.3 Å². The molecule has 0 unspecified atom stereocenters. The van der Waals surface area contributed by atoms with Crippen molar-refractivity contribution in [1.29, 1.82) is 0 Å². The van der Waals surface area contributed by atoms with Crippen LogP contribution in [0.2, 0.25) is 0 Å². The highest BCUT2D eigenvalue weighted by molar-refractivity contribution is 5.95. The molecule has 6 heteroatoms. The molecule has 2 heterocycles. The lowest BCUT2D eigenvalue weighted by Crippen LogP contribution is -2.24. The molecule has 1 N–H and O–H groups in total. The van der Waals surface area contributed by atoms with E-state index in [0.717, 1.165) is 27.9 Å². The smallest absolute Gasteiger partial charge is 0.337 e. The van der Waals surface area contributed by atoms with Gasteiger partial charge in [0.2, 0.25) is 5.91 Å². The zero-order chi connectivity index (χ0) is 19.8. The van der Waals surface area contributed by atoms with Crippen molar-refractivity contribution in [1.82, 2.24) is 9.78 Å². The molecule has 0 bridgehead atoms. The average Bonchev–Trinajstić information content (AvgIpc) is 3.12. The molecule has 6 nitrogen and oxygen atoms in total. The number of nitrogens with one attached hydrogen (secondary N) is 1. The molecule has 0 aliphatic carbocycles. The van der Waals surface area contributed by atoms with Gasteiger partial charge in [0, 0.05) is 17.9 Å². The Morgan fingerprint density at radius 3 is 2.64 bits per heavy atom. The van der Waals surface area contributed by atoms with E-state index in [1.54, 1.807) is 16.8 Å². The number of ether oxygens (including phenoxy) is 1. The zero-order valence-electron chi connectivity index (χ0n) is 16.0. The quantitative estimate of drug-likeness (QED) is 0.708. The van der Waals surface area contributed by atoms with Gasteiger partial charge in [-0.2, -0.15) is 5.10 Å². The molecule has 0 saturated carbocycles. The summed E-state index contributed by atoms with van der Waals surface area (Å²) in [6.45, 7) is 4.06. The van der Waals surface area contributed by atoms with E-state index in [4.69, 9.17) is 4.74 Å². The number of carbonyl (C=O) groups excluding carboxylic acids is 2. The molecule has 0 radical (unpaired) electrons. The van der Waals surface area contributed by atoms with Crippen molar-refractivity contribution in [3.8, 4) is 5.69 Å². The highest BCUT2D eigenvalue weighted by Crippen LogP contribution is 2.38. The third-order valence-electron chi connectivity index (χ3n) is 5.15. The van der Waals surface area contributed by atoms with Gasteiger partial charge in [0.25, 0.3) is 0 Å². The lowest BCUT2D eigenvalue weighted by Gasteiger charge is -2.24. The minimum Gasteiger partial charge on any atom is -0.465 e. The van der Waals surface area contributed by atoms with Gasteiger partial charge >= 0.3 is 5.97 Å². The molecule has 1 amide bonds. The first-order chi connectivity index (χ1) is 13.5. The van der Waals surface area contributed by atoms with Crippen molar-refractivity contribution < 1.29 is 14.3 Å². The molecule has 3 aromatic rings. The van der Waals surface area contributed by atoms with E-state index < -0.39 is 0 Å². The standard InChI is InChI=1S/C22H21N3O3/c1-13-4-5-14(2)19(10-13)25-21-18(12-23-25)17(11-20(26)24-21)15-6-8-16(9-7-15)22(27)28-3/h4-10,12,17H,11H2,1-3H3,(H,24,26)/t17-/m0/s1. The zero-order valence-corrected chi connectivity index (χ0v) is 16.0. The number of benzene rings is 2. The number of rotatable bonds is 3. The van der Waals surface area contributed by atoms with Gasteiger partial charge < -0.3 is 10.1 Å². The molecule has 0 fully saturated rings. The number of aromatic nitrogens is 2. The molecule has 1 aromatic heterocycles. The number of esters is 1. The van der Waals surface area contributed by atoms with E-state index in [2.05, 4.69) is 22.5 Å². The predicted molar refractivity (Wildman–Crippen MR) is 106 cm³/mol. The van der Waals surface area contributed by atoms with Crippen LogP contribution in [-0.4, -0.2) is 28.8 Å². The molecule has 1 aliphatic rings. The summed E-state index contributed by atoms with van der Waals surface area (Å²) in [6.07, 6.45) is 2.15. The third-order valence-corrected chi connectivity index (χ3v) is 5.15. The van der Waals surface area contributed by atoms with Crippen LogP contribution in [0.1, 0.15) is 45.0 Å². The number of amides is 1. The summed E-state index contributed by atoms with van der Waals surface area (Å²) in [5.74, 6) is 0.152. The Labute approximate surface area is 163 Å². The van der Waals surface area contributed by atoms with Crippen molar-refractivity contribution >= 4 is 17.7 Å². The van der Waals surface area contributed by atoms with Gasteiger partial charge in [0.05, 0.1) is 24.6 Å². The Hall–Kier alpha value is -3.41. The first-order valence-corrected chi connectivity index (χ1v) is 9.11. The molecule has 0 spiro atoms. The van der Waals surface area contributed by atoms with Gasteiger partial charge in [-0.3, -0.25) is 4.79 Å². The topological polar surface area (TPSA) is 73.2 Å². The number of aryl methyl sites for hydroxylation is 2. The van der Waals surface area contributed by atoms with Crippen LogP contribution in [0.5, 0.6) is 0 Å². The molecule has 0 saturated heterocycles. The average molecular weight is 375 g/mol. The summed E-state index contributed by atoms with van der Waals surface area (Å²) < 4.78 is 6.55. The number of methoxy groups -OCH3 is 1. The maximum atomic E-state index is 12.4. The molecule has 142 valence electrons. The number of carbonyl (C=O) groups is 2. The van der Waals surface area contributed by atoms with Crippen LogP contribution in [0.4, 0.5) is 5.82 Å². The van der Waals surface area contributed by atoms with Crippen molar-refractivity contribution in [2.24, 2.45) is 0 Å². The van der Waals surface area contributed by atoms with Gasteiger partial charge in [-0.25, -0.2) is 9.48 Å². The van der Waals surface area contributed by atoms with E-state index in [0.29, 0.717) is 17.8 Å². The number of hydrogen-bond donors (Lipinski definition) is 1. The van der Waals surface area contributed by atoms with Crippen LogP contribution in [-0.2, 0) is 9.53 Å². The third kappa shape index (κ3) is 3.07. The molecular weight excluding hydrogens is 354 g/mol. The number of fused-ring (bicyclic) bond motifs is 1. The molecular formula is C22H21N3O3. The molecule has 2 aromatic carbocycles. The second-order valence-corrected chi connectivity index (χ2v) is 7.07. The van der Waals surface area contributed by atoms with Gasteiger partial charge in [0.1, 0.15) is 5.82 Å². The van der Waals surface area contributed by atoms with Crippen LogP contribution in [0, 0.1) is 13.8 Å². The summed E-state index contributed by atoms with van der Waals surface area (Å²) in [6, 6.07) is 13.4. The first kappa shape index (κ1) is 18.0. The Bertz CT molecular complexity index is 1070. The van der Waals surface area contributed by atoms with Gasteiger partial charge in [-0.15, -0.1) is 0 Å². The molecule has 1 atom stereocenters. The Morgan fingerprint density at radius 2 is 1.93 bits per heavy atom. The maximum absolute atomic E-state index is 12.4. The van der Waals surface area contributed by atoms with Gasteiger partial charge in [0.15, 0.2) is 0 Å². The molecule has 1 aliphatic heterocycles. The van der Waals surface area contributed by atoms with Crippen LogP contribution in [0.3, 0.4) is 0 Å². The monoisotopic (exact) mass is 375 g/mol. The SMILES string of the molecule is COC(=O)c1ccc([C@@H]2CC(=O)Nc3c2cnn3-c2cc(C)ccc2C)cc1. The van der Waals surface area contributed by atoms with Crippen molar-refractivity contribution in [3.63, 3.8) is 0 Å². The Balaban J connectivity index is 1.76. The summed E-state index contributed by atoms with van der Waals surface area (Å²) >= 11 is 0. The summed E-state index contributed by atoms with van der Waals surface area (Å²) in [4.78, 5) is 24.1. The van der Waals surface area contributed by atoms with Crippen LogP contribution < -0.4 is 5.32 Å². The van der Waals surface area contributed by atoms with E-state index in [1.807, 2.05) is 38.2 Å². The second kappa shape index (κ2) is 6.96. The highest BCUT2D eigenvalue weighted by Gasteiger charge is 2.30. The van der Waals surface area contributed by atoms with Crippen LogP contribution >= 0.6 is 0 Å². The van der Waals surface area contributed by atoms with Crippen molar-refractivity contribution in [2.45, 2.75) is 26.2 Å². The highest BCUT2D eigenvalue weighted by atomic mass is 16.5. The van der Waals surface area contributed by atoms with E-state index in [9.17, 15) is 9.59 Å². The minimum atomic E-state index is -0.378. The first-order valence-electron chi connectivity index (χ1n) is 9.11. The number of nitrogens with zero attached hydrogens (tertiary/aromatic N) is 2. The van der Waals surface area contributed by atoms with Crippen LogP contribution in [0.15, 0.2) is 48.7 Å². The second-order valence-electron chi connectivity index (χ2n) is 7.07. The normalized spacial score (nSPS) is 15.7. The Kier molecular flexibility index (Phi) is 4.47. The number of anilines is 1. The van der Waals surface area contributed by atoms with Gasteiger partial charge in [-0.05, 0) is 48.7 Å². The maximum Gasteiger partial charge on any atom is 0.337 e. The number of hydrogen-bond acceptors (Lipinski definition) is 4. The van der Waals surface area contributed by atoms with E-state index in [1.165, 1.54) is 7.11 Å². The Morgan fingerprint density at radius 1 is 1.18 bits per heavy atom. The fourth-order valence-electron chi connectivity index (χ4n) is 3.62. The fraction of sp³-hybridized carbons (Fsp3) is 0.227. The van der Waals surface area contributed by atoms with Crippen molar-refractivity contribution in [2.75, 3.05) is 12.4 Å². The largest absolute Gasteiger partial charge is 0.465 e. The summed E-state index contributed by atoms with van der Waals surface area (Å²) in [5, 5.41) is 7.55. The molecule has 4 rings (SSSR count). The van der Waals surface area contributed by atoms with Crippen LogP contribution in [0.25, 0.3) is 5.69 Å². The minimum absolute atomic E-state index is 0.0541. The lowest BCUT2D eigenvalue weighted by molar-refractivity contribution is -0.116. The fourth-order valence-corrected chi connectivity index (χ4v) is 3.62.